The van der Waals surface area contributed by atoms with E-state index in [1.165, 1.54) is 0 Å². The van der Waals surface area contributed by atoms with Crippen molar-refractivity contribution < 1.29 is 4.79 Å². The summed E-state index contributed by atoms with van der Waals surface area (Å²) >= 11 is 0. The second kappa shape index (κ2) is 4.58. The lowest BCUT2D eigenvalue weighted by atomic mass is 10.0. The Balaban J connectivity index is 4.36. The molecule has 0 bridgehead atoms. The molecule has 0 radical (unpaired) electrons. The zero-order valence-electron chi connectivity index (χ0n) is 9.22. The minimum atomic E-state index is -0.640. The molecule has 0 saturated heterocycles. The third-order valence-electron chi connectivity index (χ3n) is 2.54. The van der Waals surface area contributed by atoms with Gasteiger partial charge in [0, 0.05) is 12.6 Å². The summed E-state index contributed by atoms with van der Waals surface area (Å²) in [5, 5.41) is 2.95. The Bertz CT molecular complexity index is 182. The SMILES string of the molecule is CNC(C)(CN(C)C(C)C)C(N)=O. The summed E-state index contributed by atoms with van der Waals surface area (Å²) in [6, 6.07) is 0.409. The van der Waals surface area contributed by atoms with Crippen LogP contribution >= 0.6 is 0 Å². The molecule has 0 heterocycles. The van der Waals surface area contributed by atoms with Gasteiger partial charge in [-0.05, 0) is 34.9 Å². The first kappa shape index (κ1) is 12.4. The van der Waals surface area contributed by atoms with Crippen LogP contribution in [0.5, 0.6) is 0 Å². The summed E-state index contributed by atoms with van der Waals surface area (Å²) < 4.78 is 0. The lowest BCUT2D eigenvalue weighted by molar-refractivity contribution is -0.124. The fourth-order valence-corrected chi connectivity index (χ4v) is 0.962. The molecule has 78 valence electrons. The number of nitrogens with one attached hydrogen (secondary N) is 1. The van der Waals surface area contributed by atoms with Crippen molar-refractivity contribution in [3.05, 3.63) is 0 Å². The third kappa shape index (κ3) is 3.32. The van der Waals surface area contributed by atoms with Crippen molar-refractivity contribution in [2.45, 2.75) is 32.4 Å². The van der Waals surface area contributed by atoms with Gasteiger partial charge >= 0.3 is 0 Å². The molecule has 1 amide bonds. The highest BCUT2D eigenvalue weighted by atomic mass is 16.1. The van der Waals surface area contributed by atoms with Gasteiger partial charge in [0.25, 0.3) is 0 Å². The van der Waals surface area contributed by atoms with Gasteiger partial charge in [-0.3, -0.25) is 4.79 Å². The summed E-state index contributed by atoms with van der Waals surface area (Å²) in [4.78, 5) is 13.2. The molecule has 0 aromatic carbocycles. The topological polar surface area (TPSA) is 58.4 Å². The lowest BCUT2D eigenvalue weighted by Crippen LogP contribution is -2.58. The summed E-state index contributed by atoms with van der Waals surface area (Å²) in [6.07, 6.45) is 0. The molecule has 1 atom stereocenters. The fraction of sp³-hybridized carbons (Fsp3) is 0.889. The predicted molar refractivity (Wildman–Crippen MR) is 54.4 cm³/mol. The summed E-state index contributed by atoms with van der Waals surface area (Å²) in [6.45, 7) is 6.60. The average molecular weight is 187 g/mol. The third-order valence-corrected chi connectivity index (χ3v) is 2.54. The quantitative estimate of drug-likeness (QED) is 0.626. The number of likely N-dealkylation sites (N-methyl/N-ethyl adjacent to an activating group) is 2. The van der Waals surface area contributed by atoms with E-state index in [-0.39, 0.29) is 5.91 Å². The standard InChI is InChI=1S/C9H21N3O/c1-7(2)12(5)6-9(3,11-4)8(10)13/h7,11H,6H2,1-5H3,(H2,10,13). The highest BCUT2D eigenvalue weighted by molar-refractivity contribution is 5.84. The number of nitrogens with zero attached hydrogens (tertiary/aromatic N) is 1. The van der Waals surface area contributed by atoms with Gasteiger partial charge in [-0.25, -0.2) is 0 Å². The number of carbonyl (C=O) groups is 1. The van der Waals surface area contributed by atoms with Crippen molar-refractivity contribution in [2.24, 2.45) is 5.73 Å². The number of hydrogen-bond acceptors (Lipinski definition) is 3. The Morgan fingerprint density at radius 1 is 1.62 bits per heavy atom. The maximum Gasteiger partial charge on any atom is 0.238 e. The van der Waals surface area contributed by atoms with Gasteiger partial charge in [0.15, 0.2) is 0 Å². The maximum atomic E-state index is 11.1. The van der Waals surface area contributed by atoms with E-state index in [2.05, 4.69) is 24.1 Å². The predicted octanol–water partition coefficient (Wildman–Crippen LogP) is -0.210. The smallest absolute Gasteiger partial charge is 0.238 e. The first-order chi connectivity index (χ1) is 5.83. The molecule has 0 aromatic rings. The number of hydrogen-bond donors (Lipinski definition) is 2. The number of primary amides is 1. The van der Waals surface area contributed by atoms with E-state index in [4.69, 9.17) is 5.73 Å². The molecule has 0 saturated carbocycles. The first-order valence-corrected chi connectivity index (χ1v) is 4.52. The Morgan fingerprint density at radius 2 is 2.08 bits per heavy atom. The van der Waals surface area contributed by atoms with E-state index in [1.807, 2.05) is 14.0 Å². The Hall–Kier alpha value is -0.610. The van der Waals surface area contributed by atoms with Gasteiger partial charge in [-0.15, -0.1) is 0 Å². The number of rotatable bonds is 5. The molecule has 0 spiro atoms. The van der Waals surface area contributed by atoms with Gasteiger partial charge in [0.1, 0.15) is 5.54 Å². The zero-order chi connectivity index (χ0) is 10.6. The van der Waals surface area contributed by atoms with Gasteiger partial charge in [0.2, 0.25) is 5.91 Å². The molecule has 4 nitrogen and oxygen atoms in total. The molecule has 0 aliphatic rings. The largest absolute Gasteiger partial charge is 0.368 e. The molecular weight excluding hydrogens is 166 g/mol. The van der Waals surface area contributed by atoms with E-state index >= 15 is 0 Å². The van der Waals surface area contributed by atoms with Crippen molar-refractivity contribution in [3.8, 4) is 0 Å². The Labute approximate surface area is 80.5 Å². The molecule has 4 heteroatoms. The summed E-state index contributed by atoms with van der Waals surface area (Å²) in [7, 11) is 3.72. The lowest BCUT2D eigenvalue weighted by Gasteiger charge is -2.32. The van der Waals surface area contributed by atoms with E-state index in [0.717, 1.165) is 0 Å². The Morgan fingerprint density at radius 3 is 2.31 bits per heavy atom. The van der Waals surface area contributed by atoms with Crippen LogP contribution in [-0.4, -0.2) is 43.0 Å². The second-order valence-corrected chi connectivity index (χ2v) is 3.96. The monoisotopic (exact) mass is 187 g/mol. The maximum absolute atomic E-state index is 11.1. The van der Waals surface area contributed by atoms with E-state index in [0.29, 0.717) is 12.6 Å². The molecule has 1 unspecified atom stereocenters. The normalized spacial score (nSPS) is 16.2. The van der Waals surface area contributed by atoms with Gasteiger partial charge in [-0.1, -0.05) is 0 Å². The fourth-order valence-electron chi connectivity index (χ4n) is 0.962. The molecular formula is C9H21N3O. The second-order valence-electron chi connectivity index (χ2n) is 3.96. The summed E-state index contributed by atoms with van der Waals surface area (Å²) in [5.74, 6) is -0.317. The van der Waals surface area contributed by atoms with Crippen LogP contribution in [0.25, 0.3) is 0 Å². The first-order valence-electron chi connectivity index (χ1n) is 4.52. The van der Waals surface area contributed by atoms with Crippen molar-refractivity contribution >= 4 is 5.91 Å². The van der Waals surface area contributed by atoms with E-state index < -0.39 is 5.54 Å². The molecule has 0 aliphatic carbocycles. The van der Waals surface area contributed by atoms with Crippen LogP contribution in [0.4, 0.5) is 0 Å². The number of carbonyl (C=O) groups excluding carboxylic acids is 1. The molecule has 0 aromatic heterocycles. The van der Waals surface area contributed by atoms with Crippen LogP contribution in [-0.2, 0) is 4.79 Å². The molecule has 3 N–H and O–H groups in total. The van der Waals surface area contributed by atoms with Crippen LogP contribution in [0.1, 0.15) is 20.8 Å². The Kier molecular flexibility index (Phi) is 4.36. The van der Waals surface area contributed by atoms with Crippen molar-refractivity contribution in [1.29, 1.82) is 0 Å². The van der Waals surface area contributed by atoms with Crippen molar-refractivity contribution in [1.82, 2.24) is 10.2 Å². The van der Waals surface area contributed by atoms with Crippen molar-refractivity contribution in [2.75, 3.05) is 20.6 Å². The van der Waals surface area contributed by atoms with Crippen LogP contribution < -0.4 is 11.1 Å². The highest BCUT2D eigenvalue weighted by Crippen LogP contribution is 2.06. The molecule has 0 aliphatic heterocycles. The van der Waals surface area contributed by atoms with E-state index in [9.17, 15) is 4.79 Å². The average Bonchev–Trinajstić information content (AvgIpc) is 2.03. The minimum absolute atomic E-state index is 0.317. The van der Waals surface area contributed by atoms with Gasteiger partial charge < -0.3 is 16.0 Å². The molecule has 13 heavy (non-hydrogen) atoms. The number of nitrogens with two attached hydrogens (primary N) is 1. The molecule has 0 rings (SSSR count). The minimum Gasteiger partial charge on any atom is -0.368 e. The van der Waals surface area contributed by atoms with Gasteiger partial charge in [-0.2, -0.15) is 0 Å². The molecule has 0 fully saturated rings. The van der Waals surface area contributed by atoms with E-state index in [1.54, 1.807) is 7.05 Å². The van der Waals surface area contributed by atoms with Crippen LogP contribution in [0.15, 0.2) is 0 Å². The highest BCUT2D eigenvalue weighted by Gasteiger charge is 2.30. The number of amides is 1. The van der Waals surface area contributed by atoms with Crippen molar-refractivity contribution in [3.63, 3.8) is 0 Å². The van der Waals surface area contributed by atoms with Crippen LogP contribution in [0.3, 0.4) is 0 Å². The van der Waals surface area contributed by atoms with Gasteiger partial charge in [0.05, 0.1) is 0 Å². The zero-order valence-corrected chi connectivity index (χ0v) is 9.22. The van der Waals surface area contributed by atoms with Crippen LogP contribution in [0, 0.1) is 0 Å². The summed E-state index contributed by atoms with van der Waals surface area (Å²) in [5.41, 5.74) is 4.66. The van der Waals surface area contributed by atoms with Crippen LogP contribution in [0.2, 0.25) is 0 Å².